The number of aryl methyl sites for hydroxylation is 1. The number of carbonyl (C=O) groups excluding carboxylic acids is 1. The zero-order chi connectivity index (χ0) is 14.7. The molecule has 0 aliphatic rings. The van der Waals surface area contributed by atoms with Crippen molar-refractivity contribution in [3.8, 4) is 0 Å². The van der Waals surface area contributed by atoms with E-state index in [4.69, 9.17) is 4.42 Å². The summed E-state index contributed by atoms with van der Waals surface area (Å²) in [6.07, 6.45) is 3.40. The van der Waals surface area contributed by atoms with Gasteiger partial charge in [-0.15, -0.1) is 11.3 Å². The molecule has 0 unspecified atom stereocenters. The van der Waals surface area contributed by atoms with Gasteiger partial charge in [0.2, 0.25) is 0 Å². The Morgan fingerprint density at radius 2 is 2.10 bits per heavy atom. The molecule has 0 N–H and O–H groups in total. The van der Waals surface area contributed by atoms with Crippen LogP contribution in [0.1, 0.15) is 21.7 Å². The molecule has 106 valence electrons. The van der Waals surface area contributed by atoms with Crippen molar-refractivity contribution in [3.05, 3.63) is 75.9 Å². The predicted octanol–water partition coefficient (Wildman–Crippen LogP) is 3.24. The van der Waals surface area contributed by atoms with E-state index >= 15 is 0 Å². The van der Waals surface area contributed by atoms with Crippen molar-refractivity contribution in [1.82, 2.24) is 4.57 Å². The molecule has 0 fully saturated rings. The fourth-order valence-electron chi connectivity index (χ4n) is 1.94. The number of nitrogens with zero attached hydrogens (tertiary/aromatic N) is 2. The third kappa shape index (κ3) is 3.20. The minimum absolute atomic E-state index is 0.255. The van der Waals surface area contributed by atoms with Crippen LogP contribution in [0, 0.1) is 6.92 Å². The van der Waals surface area contributed by atoms with E-state index in [2.05, 4.69) is 36.2 Å². The average molecular weight is 298 g/mol. The van der Waals surface area contributed by atoms with E-state index in [1.54, 1.807) is 12.1 Å². The van der Waals surface area contributed by atoms with Gasteiger partial charge in [0.05, 0.1) is 6.26 Å². The van der Waals surface area contributed by atoms with Crippen LogP contribution in [0.2, 0.25) is 0 Å². The second-order valence-electron chi connectivity index (χ2n) is 4.69. The average Bonchev–Trinajstić information content (AvgIpc) is 3.14. The zero-order valence-electron chi connectivity index (χ0n) is 11.5. The summed E-state index contributed by atoms with van der Waals surface area (Å²) in [5.74, 6) is -0.106. The molecule has 2 heterocycles. The van der Waals surface area contributed by atoms with E-state index in [1.165, 1.54) is 28.7 Å². The summed E-state index contributed by atoms with van der Waals surface area (Å²) in [4.78, 5) is 16.7. The normalized spacial score (nSPS) is 11.8. The standard InChI is InChI=1S/C16H14N2O2S/c1-12-4-6-13(7-5-12)11-18-8-10-21-16(18)17-15(19)14-3-2-9-20-14/h2-10H,11H2,1H3. The van der Waals surface area contributed by atoms with Crippen molar-refractivity contribution in [2.24, 2.45) is 4.99 Å². The van der Waals surface area contributed by atoms with E-state index in [0.29, 0.717) is 11.3 Å². The minimum atomic E-state index is -0.361. The van der Waals surface area contributed by atoms with Gasteiger partial charge < -0.3 is 8.98 Å². The Morgan fingerprint density at radius 3 is 2.81 bits per heavy atom. The topological polar surface area (TPSA) is 47.5 Å². The van der Waals surface area contributed by atoms with E-state index in [0.717, 1.165) is 0 Å². The van der Waals surface area contributed by atoms with Crippen molar-refractivity contribution in [1.29, 1.82) is 0 Å². The van der Waals surface area contributed by atoms with Crippen LogP contribution in [-0.4, -0.2) is 10.5 Å². The molecule has 0 aliphatic heterocycles. The molecule has 0 spiro atoms. The first-order chi connectivity index (χ1) is 10.2. The van der Waals surface area contributed by atoms with E-state index < -0.39 is 0 Å². The van der Waals surface area contributed by atoms with Crippen LogP contribution in [0.15, 0.2) is 63.6 Å². The monoisotopic (exact) mass is 298 g/mol. The fourth-order valence-corrected chi connectivity index (χ4v) is 2.67. The summed E-state index contributed by atoms with van der Waals surface area (Å²) >= 11 is 1.43. The summed E-state index contributed by atoms with van der Waals surface area (Å²) in [5.41, 5.74) is 2.40. The van der Waals surface area contributed by atoms with E-state index in [-0.39, 0.29) is 11.7 Å². The molecule has 2 aromatic heterocycles. The van der Waals surface area contributed by atoms with E-state index in [1.807, 2.05) is 16.1 Å². The fraction of sp³-hybridized carbons (Fsp3) is 0.125. The van der Waals surface area contributed by atoms with Crippen molar-refractivity contribution in [2.75, 3.05) is 0 Å². The quantitative estimate of drug-likeness (QED) is 0.745. The van der Waals surface area contributed by atoms with Crippen LogP contribution < -0.4 is 4.80 Å². The molecule has 1 amide bonds. The highest BCUT2D eigenvalue weighted by molar-refractivity contribution is 7.07. The van der Waals surface area contributed by atoms with Crippen molar-refractivity contribution in [3.63, 3.8) is 0 Å². The van der Waals surface area contributed by atoms with Gasteiger partial charge in [-0.1, -0.05) is 29.8 Å². The van der Waals surface area contributed by atoms with Gasteiger partial charge >= 0.3 is 5.91 Å². The maximum atomic E-state index is 12.0. The number of hydrogen-bond acceptors (Lipinski definition) is 3. The van der Waals surface area contributed by atoms with Crippen LogP contribution in [0.25, 0.3) is 0 Å². The molecular weight excluding hydrogens is 284 g/mol. The number of hydrogen-bond donors (Lipinski definition) is 0. The molecule has 5 heteroatoms. The highest BCUT2D eigenvalue weighted by Gasteiger charge is 2.07. The van der Waals surface area contributed by atoms with Crippen LogP contribution in [0.3, 0.4) is 0 Å². The highest BCUT2D eigenvalue weighted by Crippen LogP contribution is 2.06. The Hall–Kier alpha value is -2.40. The SMILES string of the molecule is Cc1ccc(Cn2ccsc2=NC(=O)c2ccco2)cc1. The summed E-state index contributed by atoms with van der Waals surface area (Å²) in [6, 6.07) is 11.6. The van der Waals surface area contributed by atoms with Gasteiger partial charge in [-0.05, 0) is 24.6 Å². The summed E-state index contributed by atoms with van der Waals surface area (Å²) in [6.45, 7) is 2.75. The number of rotatable bonds is 3. The Labute approximate surface area is 126 Å². The van der Waals surface area contributed by atoms with Crippen LogP contribution in [-0.2, 0) is 6.54 Å². The third-order valence-electron chi connectivity index (χ3n) is 3.06. The maximum Gasteiger partial charge on any atom is 0.315 e. The number of benzene rings is 1. The molecule has 4 nitrogen and oxygen atoms in total. The molecule has 21 heavy (non-hydrogen) atoms. The molecule has 3 aromatic rings. The van der Waals surface area contributed by atoms with Crippen molar-refractivity contribution < 1.29 is 9.21 Å². The van der Waals surface area contributed by atoms with Crippen molar-refractivity contribution >= 4 is 17.2 Å². The molecular formula is C16H14N2O2S. The highest BCUT2D eigenvalue weighted by atomic mass is 32.1. The number of aromatic nitrogens is 1. The molecule has 1 aromatic carbocycles. The van der Waals surface area contributed by atoms with Gasteiger partial charge in [0.25, 0.3) is 0 Å². The van der Waals surface area contributed by atoms with E-state index in [9.17, 15) is 4.79 Å². The van der Waals surface area contributed by atoms with Crippen LogP contribution in [0.5, 0.6) is 0 Å². The number of carbonyl (C=O) groups is 1. The first kappa shape index (κ1) is 13.6. The summed E-state index contributed by atoms with van der Waals surface area (Å²) in [5, 5.41) is 1.92. The first-order valence-corrected chi connectivity index (χ1v) is 7.42. The Kier molecular flexibility index (Phi) is 3.83. The van der Waals surface area contributed by atoms with Crippen LogP contribution >= 0.6 is 11.3 Å². The number of furan rings is 1. The molecule has 0 atom stereocenters. The van der Waals surface area contributed by atoms with Gasteiger partial charge in [-0.25, -0.2) is 0 Å². The van der Waals surface area contributed by atoms with Gasteiger partial charge in [0.15, 0.2) is 10.6 Å². The summed E-state index contributed by atoms with van der Waals surface area (Å²) < 4.78 is 7.02. The number of amides is 1. The zero-order valence-corrected chi connectivity index (χ0v) is 12.3. The molecule has 3 rings (SSSR count). The lowest BCUT2D eigenvalue weighted by Gasteiger charge is -2.03. The van der Waals surface area contributed by atoms with Gasteiger partial charge in [0, 0.05) is 18.1 Å². The van der Waals surface area contributed by atoms with Gasteiger partial charge in [-0.2, -0.15) is 4.99 Å². The smallest absolute Gasteiger partial charge is 0.315 e. The van der Waals surface area contributed by atoms with Gasteiger partial charge in [0.1, 0.15) is 0 Å². The lowest BCUT2D eigenvalue weighted by atomic mass is 10.1. The second-order valence-corrected chi connectivity index (χ2v) is 5.57. The molecule has 0 saturated carbocycles. The molecule has 0 saturated heterocycles. The Morgan fingerprint density at radius 1 is 1.29 bits per heavy atom. The first-order valence-electron chi connectivity index (χ1n) is 6.54. The molecule has 0 bridgehead atoms. The Bertz CT molecular complexity index is 795. The second kappa shape index (κ2) is 5.93. The van der Waals surface area contributed by atoms with Gasteiger partial charge in [-0.3, -0.25) is 4.79 Å². The molecule has 0 radical (unpaired) electrons. The Balaban J connectivity index is 1.87. The molecule has 0 aliphatic carbocycles. The largest absolute Gasteiger partial charge is 0.459 e. The number of thiazole rings is 1. The third-order valence-corrected chi connectivity index (χ3v) is 3.86. The minimum Gasteiger partial charge on any atom is -0.459 e. The van der Waals surface area contributed by atoms with Crippen LogP contribution in [0.4, 0.5) is 0 Å². The lowest BCUT2D eigenvalue weighted by molar-refractivity contribution is 0.0971. The maximum absolute atomic E-state index is 12.0. The van der Waals surface area contributed by atoms with Crippen molar-refractivity contribution in [2.45, 2.75) is 13.5 Å². The predicted molar refractivity (Wildman–Crippen MR) is 81.2 cm³/mol. The lowest BCUT2D eigenvalue weighted by Crippen LogP contribution is -2.16. The summed E-state index contributed by atoms with van der Waals surface area (Å²) in [7, 11) is 0.